The van der Waals surface area contributed by atoms with Crippen molar-refractivity contribution in [2.75, 3.05) is 5.73 Å². The predicted octanol–water partition coefficient (Wildman–Crippen LogP) is 4.53. The molecule has 2 rings (SSSR count). The van der Waals surface area contributed by atoms with Crippen molar-refractivity contribution in [3.63, 3.8) is 0 Å². The molecule has 0 unspecified atom stereocenters. The molecule has 0 aliphatic heterocycles. The molecule has 0 atom stereocenters. The van der Waals surface area contributed by atoms with Gasteiger partial charge in [0.1, 0.15) is 10.9 Å². The molecule has 1 aromatic heterocycles. The van der Waals surface area contributed by atoms with E-state index in [0.717, 1.165) is 0 Å². The fourth-order valence-electron chi connectivity index (χ4n) is 1.17. The van der Waals surface area contributed by atoms with Crippen LogP contribution in [0.25, 0.3) is 0 Å². The van der Waals surface area contributed by atoms with Crippen molar-refractivity contribution < 1.29 is 4.74 Å². The van der Waals surface area contributed by atoms with Crippen molar-refractivity contribution >= 4 is 44.8 Å². The van der Waals surface area contributed by atoms with Gasteiger partial charge in [0.2, 0.25) is 5.88 Å². The normalized spacial score (nSPS) is 10.3. The lowest BCUT2D eigenvalue weighted by Crippen LogP contribution is -1.95. The summed E-state index contributed by atoms with van der Waals surface area (Å²) < 4.78 is 6.26. The van der Waals surface area contributed by atoms with Gasteiger partial charge in [0, 0.05) is 5.02 Å². The maximum Gasteiger partial charge on any atom is 0.244 e. The first-order valence-corrected chi connectivity index (χ1v) is 6.16. The molecule has 0 saturated carbocycles. The summed E-state index contributed by atoms with van der Waals surface area (Å²) >= 11 is 14.9. The lowest BCUT2D eigenvalue weighted by Gasteiger charge is -2.09. The Morgan fingerprint density at radius 2 is 1.94 bits per heavy atom. The predicted molar refractivity (Wildman–Crippen MR) is 72.9 cm³/mol. The molecule has 0 radical (unpaired) electrons. The van der Waals surface area contributed by atoms with Crippen LogP contribution < -0.4 is 10.5 Å². The van der Waals surface area contributed by atoms with E-state index >= 15 is 0 Å². The summed E-state index contributed by atoms with van der Waals surface area (Å²) in [5.74, 6) is 0.830. The Hall–Kier alpha value is -0.970. The van der Waals surface area contributed by atoms with E-state index in [2.05, 4.69) is 20.9 Å². The SMILES string of the molecule is Nc1ccc(Cl)nc1Oc1ccc(Cl)cc1Br. The Kier molecular flexibility index (Phi) is 3.76. The van der Waals surface area contributed by atoms with E-state index in [1.54, 1.807) is 30.3 Å². The fourth-order valence-corrected chi connectivity index (χ4v) is 2.08. The number of nitrogen functional groups attached to an aromatic ring is 1. The fraction of sp³-hybridized carbons (Fsp3) is 0. The van der Waals surface area contributed by atoms with Gasteiger partial charge in [0.25, 0.3) is 0 Å². The summed E-state index contributed by atoms with van der Waals surface area (Å²) in [5.41, 5.74) is 6.14. The van der Waals surface area contributed by atoms with Crippen molar-refractivity contribution in [1.82, 2.24) is 4.98 Å². The summed E-state index contributed by atoms with van der Waals surface area (Å²) in [6, 6.07) is 8.38. The zero-order valence-corrected chi connectivity index (χ0v) is 11.6. The molecule has 0 bridgehead atoms. The third kappa shape index (κ3) is 3.03. The summed E-state index contributed by atoms with van der Waals surface area (Å²) in [5, 5.41) is 0.926. The van der Waals surface area contributed by atoms with Crippen LogP contribution in [0.5, 0.6) is 11.6 Å². The summed E-state index contributed by atoms with van der Waals surface area (Å²) in [6.07, 6.45) is 0. The van der Waals surface area contributed by atoms with Gasteiger partial charge in [-0.05, 0) is 46.3 Å². The number of benzene rings is 1. The largest absolute Gasteiger partial charge is 0.436 e. The number of anilines is 1. The van der Waals surface area contributed by atoms with Gasteiger partial charge >= 0.3 is 0 Å². The Labute approximate surface area is 117 Å². The highest BCUT2D eigenvalue weighted by molar-refractivity contribution is 9.10. The van der Waals surface area contributed by atoms with Crippen LogP contribution in [-0.2, 0) is 0 Å². The maximum atomic E-state index is 5.83. The van der Waals surface area contributed by atoms with E-state index in [-0.39, 0.29) is 5.88 Å². The number of halogens is 3. The molecule has 0 aliphatic rings. The second kappa shape index (κ2) is 5.12. The molecule has 0 spiro atoms. The minimum Gasteiger partial charge on any atom is -0.436 e. The average Bonchev–Trinajstić information content (AvgIpc) is 2.27. The number of rotatable bonds is 2. The van der Waals surface area contributed by atoms with Gasteiger partial charge in [0.05, 0.1) is 10.2 Å². The standard InChI is InChI=1S/C11H7BrCl2N2O/c12-7-5-6(13)1-3-9(7)17-11-8(15)2-4-10(14)16-11/h1-5H,15H2. The van der Waals surface area contributed by atoms with E-state index in [9.17, 15) is 0 Å². The van der Waals surface area contributed by atoms with Crippen LogP contribution >= 0.6 is 39.1 Å². The first kappa shape index (κ1) is 12.5. The van der Waals surface area contributed by atoms with Gasteiger partial charge in [-0.1, -0.05) is 23.2 Å². The highest BCUT2D eigenvalue weighted by atomic mass is 79.9. The smallest absolute Gasteiger partial charge is 0.244 e. The lowest BCUT2D eigenvalue weighted by atomic mass is 10.3. The molecule has 0 fully saturated rings. The van der Waals surface area contributed by atoms with Gasteiger partial charge in [-0.15, -0.1) is 0 Å². The maximum absolute atomic E-state index is 5.83. The highest BCUT2D eigenvalue weighted by Gasteiger charge is 2.08. The Morgan fingerprint density at radius 3 is 2.65 bits per heavy atom. The van der Waals surface area contributed by atoms with E-state index in [0.29, 0.717) is 26.1 Å². The van der Waals surface area contributed by atoms with Gasteiger partial charge in [0.15, 0.2) is 0 Å². The number of ether oxygens (including phenoxy) is 1. The molecular weight excluding hydrogens is 327 g/mol. The van der Waals surface area contributed by atoms with Crippen molar-refractivity contribution in [3.8, 4) is 11.6 Å². The molecule has 2 N–H and O–H groups in total. The second-order valence-electron chi connectivity index (χ2n) is 3.21. The van der Waals surface area contributed by atoms with E-state index in [1.165, 1.54) is 0 Å². The number of nitrogens with two attached hydrogens (primary N) is 1. The molecular formula is C11H7BrCl2N2O. The van der Waals surface area contributed by atoms with Gasteiger partial charge in [-0.3, -0.25) is 0 Å². The summed E-state index contributed by atoms with van der Waals surface area (Å²) in [7, 11) is 0. The van der Waals surface area contributed by atoms with Gasteiger partial charge < -0.3 is 10.5 Å². The van der Waals surface area contributed by atoms with Crippen molar-refractivity contribution in [2.45, 2.75) is 0 Å². The van der Waals surface area contributed by atoms with Crippen molar-refractivity contribution in [3.05, 3.63) is 45.0 Å². The summed E-state index contributed by atoms with van der Waals surface area (Å²) in [6.45, 7) is 0. The third-order valence-electron chi connectivity index (χ3n) is 1.96. The highest BCUT2D eigenvalue weighted by Crippen LogP contribution is 2.33. The third-order valence-corrected chi connectivity index (χ3v) is 3.02. The molecule has 1 heterocycles. The average molecular weight is 334 g/mol. The monoisotopic (exact) mass is 332 g/mol. The van der Waals surface area contributed by atoms with Crippen LogP contribution in [0.15, 0.2) is 34.8 Å². The number of aromatic nitrogens is 1. The van der Waals surface area contributed by atoms with Crippen LogP contribution in [0.3, 0.4) is 0 Å². The molecule has 88 valence electrons. The zero-order chi connectivity index (χ0) is 12.4. The van der Waals surface area contributed by atoms with E-state index in [4.69, 9.17) is 33.7 Å². The first-order valence-electron chi connectivity index (χ1n) is 4.61. The molecule has 0 saturated heterocycles. The molecule has 17 heavy (non-hydrogen) atoms. The van der Waals surface area contributed by atoms with Crippen molar-refractivity contribution in [2.24, 2.45) is 0 Å². The van der Waals surface area contributed by atoms with E-state index in [1.807, 2.05) is 0 Å². The second-order valence-corrected chi connectivity index (χ2v) is 4.88. The Bertz CT molecular complexity index is 563. The van der Waals surface area contributed by atoms with Crippen LogP contribution in [0.2, 0.25) is 10.2 Å². The number of nitrogens with zero attached hydrogens (tertiary/aromatic N) is 1. The van der Waals surface area contributed by atoms with Crippen LogP contribution in [-0.4, -0.2) is 4.98 Å². The van der Waals surface area contributed by atoms with E-state index < -0.39 is 0 Å². The minimum atomic E-state index is 0.264. The molecule has 0 aliphatic carbocycles. The van der Waals surface area contributed by atoms with Crippen LogP contribution in [0.1, 0.15) is 0 Å². The Balaban J connectivity index is 2.34. The lowest BCUT2D eigenvalue weighted by molar-refractivity contribution is 0.463. The number of pyridine rings is 1. The van der Waals surface area contributed by atoms with Gasteiger partial charge in [-0.25, -0.2) is 0 Å². The molecule has 1 aromatic carbocycles. The molecule has 3 nitrogen and oxygen atoms in total. The Morgan fingerprint density at radius 1 is 1.18 bits per heavy atom. The number of hydrogen-bond acceptors (Lipinski definition) is 3. The van der Waals surface area contributed by atoms with Crippen LogP contribution in [0, 0.1) is 0 Å². The molecule has 0 amide bonds. The van der Waals surface area contributed by atoms with Gasteiger partial charge in [-0.2, -0.15) is 4.98 Å². The zero-order valence-electron chi connectivity index (χ0n) is 8.45. The summed E-state index contributed by atoms with van der Waals surface area (Å²) in [4.78, 5) is 4.00. The molecule has 6 heteroatoms. The topological polar surface area (TPSA) is 48.1 Å². The minimum absolute atomic E-state index is 0.264. The molecule has 2 aromatic rings. The first-order chi connectivity index (χ1) is 8.06. The van der Waals surface area contributed by atoms with Crippen LogP contribution in [0.4, 0.5) is 5.69 Å². The van der Waals surface area contributed by atoms with Crippen molar-refractivity contribution in [1.29, 1.82) is 0 Å². The quantitative estimate of drug-likeness (QED) is 0.821. The number of hydrogen-bond donors (Lipinski definition) is 1.